The highest BCUT2D eigenvalue weighted by Gasteiger charge is 2.25. The van der Waals surface area contributed by atoms with Crippen LogP contribution in [-0.2, 0) is 4.74 Å². The number of para-hydroxylation sites is 1. The first-order valence-corrected chi connectivity index (χ1v) is 6.08. The molecule has 1 N–H and O–H groups in total. The molecule has 0 saturated carbocycles. The number of morpholine rings is 1. The van der Waals surface area contributed by atoms with Gasteiger partial charge in [-0.3, -0.25) is 0 Å². The van der Waals surface area contributed by atoms with E-state index in [1.54, 1.807) is 0 Å². The third kappa shape index (κ3) is 2.10. The first-order chi connectivity index (χ1) is 8.34. The first-order valence-electron chi connectivity index (χ1n) is 6.08. The molecule has 0 amide bonds. The highest BCUT2D eigenvalue weighted by molar-refractivity contribution is 5.48. The Balaban J connectivity index is 1.87. The van der Waals surface area contributed by atoms with Crippen LogP contribution in [0.1, 0.15) is 18.6 Å². The summed E-state index contributed by atoms with van der Waals surface area (Å²) in [4.78, 5) is 0. The van der Waals surface area contributed by atoms with Gasteiger partial charge < -0.3 is 19.5 Å². The number of hydrogen-bond donors (Lipinski definition) is 1. The van der Waals surface area contributed by atoms with E-state index in [4.69, 9.17) is 14.2 Å². The van der Waals surface area contributed by atoms with Crippen molar-refractivity contribution in [1.29, 1.82) is 0 Å². The maximum Gasteiger partial charge on any atom is 0.167 e. The predicted octanol–water partition coefficient (Wildman–Crippen LogP) is 1.51. The molecule has 2 aliphatic rings. The van der Waals surface area contributed by atoms with Gasteiger partial charge in [0.2, 0.25) is 0 Å². The molecule has 92 valence electrons. The van der Waals surface area contributed by atoms with Crippen molar-refractivity contribution in [3.63, 3.8) is 0 Å². The van der Waals surface area contributed by atoms with E-state index >= 15 is 0 Å². The lowest BCUT2D eigenvalue weighted by Crippen LogP contribution is -2.40. The molecule has 4 nitrogen and oxygen atoms in total. The zero-order chi connectivity index (χ0) is 11.7. The minimum atomic E-state index is 0.0582. The minimum absolute atomic E-state index is 0.0582. The number of nitrogens with one attached hydrogen (secondary N) is 1. The molecule has 1 aromatic carbocycles. The summed E-state index contributed by atoms with van der Waals surface area (Å²) in [5, 5.41) is 3.42. The second-order valence-electron chi connectivity index (χ2n) is 4.50. The fourth-order valence-electron chi connectivity index (χ4n) is 2.24. The van der Waals surface area contributed by atoms with Gasteiger partial charge in [-0.05, 0) is 13.0 Å². The Kier molecular flexibility index (Phi) is 2.91. The molecule has 4 heteroatoms. The average Bonchev–Trinajstić information content (AvgIpc) is 2.39. The molecular formula is C13H17NO3. The van der Waals surface area contributed by atoms with Gasteiger partial charge in [-0.2, -0.15) is 0 Å². The van der Waals surface area contributed by atoms with Gasteiger partial charge in [0.25, 0.3) is 0 Å². The molecule has 0 aliphatic carbocycles. The summed E-state index contributed by atoms with van der Waals surface area (Å²) in [7, 11) is 0. The molecule has 0 spiro atoms. The van der Waals surface area contributed by atoms with E-state index in [2.05, 4.69) is 18.3 Å². The Morgan fingerprint density at radius 1 is 1.24 bits per heavy atom. The second kappa shape index (κ2) is 4.55. The van der Waals surface area contributed by atoms with Crippen molar-refractivity contribution in [3.8, 4) is 11.5 Å². The molecule has 3 rings (SSSR count). The number of benzene rings is 1. The normalized spacial score (nSPS) is 27.8. The molecule has 1 fully saturated rings. The van der Waals surface area contributed by atoms with E-state index in [0.717, 1.165) is 30.2 Å². The predicted molar refractivity (Wildman–Crippen MR) is 63.6 cm³/mol. The van der Waals surface area contributed by atoms with Crippen LogP contribution in [0.3, 0.4) is 0 Å². The lowest BCUT2D eigenvalue weighted by Gasteiger charge is -2.31. The number of ether oxygens (including phenoxy) is 3. The Bertz CT molecular complexity index is 400. The van der Waals surface area contributed by atoms with Crippen molar-refractivity contribution in [1.82, 2.24) is 5.32 Å². The first kappa shape index (κ1) is 10.9. The Morgan fingerprint density at radius 2 is 2.12 bits per heavy atom. The number of hydrogen-bond acceptors (Lipinski definition) is 4. The van der Waals surface area contributed by atoms with E-state index < -0.39 is 0 Å². The molecule has 2 aliphatic heterocycles. The van der Waals surface area contributed by atoms with Crippen molar-refractivity contribution in [2.75, 3.05) is 26.4 Å². The van der Waals surface area contributed by atoms with E-state index in [-0.39, 0.29) is 6.10 Å². The lowest BCUT2D eigenvalue weighted by atomic mass is 10.1. The molecule has 2 atom stereocenters. The van der Waals surface area contributed by atoms with E-state index in [9.17, 15) is 0 Å². The van der Waals surface area contributed by atoms with Gasteiger partial charge in [0.05, 0.1) is 12.7 Å². The molecular weight excluding hydrogens is 218 g/mol. The van der Waals surface area contributed by atoms with Crippen LogP contribution < -0.4 is 14.8 Å². The molecule has 1 aromatic rings. The quantitative estimate of drug-likeness (QED) is 0.801. The Hall–Kier alpha value is -1.26. The Labute approximate surface area is 101 Å². The summed E-state index contributed by atoms with van der Waals surface area (Å²) >= 11 is 0. The van der Waals surface area contributed by atoms with Crippen LogP contribution in [0.15, 0.2) is 18.2 Å². The summed E-state index contributed by atoms with van der Waals surface area (Å²) in [6, 6.07) is 6.40. The van der Waals surface area contributed by atoms with Crippen LogP contribution in [-0.4, -0.2) is 32.4 Å². The largest absolute Gasteiger partial charge is 0.486 e. The highest BCUT2D eigenvalue weighted by Crippen LogP contribution is 2.38. The van der Waals surface area contributed by atoms with Crippen molar-refractivity contribution in [3.05, 3.63) is 23.8 Å². The van der Waals surface area contributed by atoms with Gasteiger partial charge in [0, 0.05) is 18.2 Å². The maximum atomic E-state index is 5.84. The molecule has 0 aromatic heterocycles. The summed E-state index contributed by atoms with van der Waals surface area (Å²) in [6.07, 6.45) is 0.0582. The maximum absolute atomic E-state index is 5.84. The van der Waals surface area contributed by atoms with Crippen LogP contribution in [0.4, 0.5) is 0 Å². The second-order valence-corrected chi connectivity index (χ2v) is 4.50. The lowest BCUT2D eigenvalue weighted by molar-refractivity contribution is 0.00438. The van der Waals surface area contributed by atoms with Crippen LogP contribution in [0.25, 0.3) is 0 Å². The van der Waals surface area contributed by atoms with Gasteiger partial charge in [-0.15, -0.1) is 0 Å². The van der Waals surface area contributed by atoms with Crippen molar-refractivity contribution >= 4 is 0 Å². The SMILES string of the molecule is CC1COC(c2cccc3c2OCCO3)CN1. The van der Waals surface area contributed by atoms with Gasteiger partial charge in [0.15, 0.2) is 11.5 Å². The molecule has 2 heterocycles. The monoisotopic (exact) mass is 235 g/mol. The third-order valence-electron chi connectivity index (χ3n) is 3.14. The highest BCUT2D eigenvalue weighted by atomic mass is 16.6. The average molecular weight is 235 g/mol. The van der Waals surface area contributed by atoms with E-state index in [1.165, 1.54) is 0 Å². The standard InChI is InChI=1S/C13H17NO3/c1-9-8-17-12(7-14-9)10-3-2-4-11-13(10)16-6-5-15-11/h2-4,9,12,14H,5-8H2,1H3. The van der Waals surface area contributed by atoms with Crippen molar-refractivity contribution < 1.29 is 14.2 Å². The molecule has 17 heavy (non-hydrogen) atoms. The van der Waals surface area contributed by atoms with Gasteiger partial charge in [0.1, 0.15) is 13.2 Å². The minimum Gasteiger partial charge on any atom is -0.486 e. The summed E-state index contributed by atoms with van der Waals surface area (Å²) < 4.78 is 17.1. The van der Waals surface area contributed by atoms with Crippen molar-refractivity contribution in [2.45, 2.75) is 19.1 Å². The Morgan fingerprint density at radius 3 is 2.94 bits per heavy atom. The van der Waals surface area contributed by atoms with Crippen LogP contribution in [0, 0.1) is 0 Å². The summed E-state index contributed by atoms with van der Waals surface area (Å²) in [5.41, 5.74) is 1.08. The smallest absolute Gasteiger partial charge is 0.167 e. The van der Waals surface area contributed by atoms with Crippen LogP contribution in [0.5, 0.6) is 11.5 Å². The zero-order valence-corrected chi connectivity index (χ0v) is 9.94. The fourth-order valence-corrected chi connectivity index (χ4v) is 2.24. The van der Waals surface area contributed by atoms with E-state index in [1.807, 2.05) is 12.1 Å². The van der Waals surface area contributed by atoms with Crippen LogP contribution in [0.2, 0.25) is 0 Å². The van der Waals surface area contributed by atoms with E-state index in [0.29, 0.717) is 19.3 Å². The van der Waals surface area contributed by atoms with Crippen LogP contribution >= 0.6 is 0 Å². The van der Waals surface area contributed by atoms with Gasteiger partial charge in [-0.25, -0.2) is 0 Å². The number of rotatable bonds is 1. The summed E-state index contributed by atoms with van der Waals surface area (Å²) in [5.74, 6) is 1.68. The molecule has 0 radical (unpaired) electrons. The summed E-state index contributed by atoms with van der Waals surface area (Å²) in [6.45, 7) is 4.91. The topological polar surface area (TPSA) is 39.7 Å². The molecule has 0 bridgehead atoms. The van der Waals surface area contributed by atoms with Gasteiger partial charge >= 0.3 is 0 Å². The van der Waals surface area contributed by atoms with Gasteiger partial charge in [-0.1, -0.05) is 12.1 Å². The molecule has 1 saturated heterocycles. The zero-order valence-electron chi connectivity index (χ0n) is 9.94. The fraction of sp³-hybridized carbons (Fsp3) is 0.538. The molecule has 2 unspecified atom stereocenters. The van der Waals surface area contributed by atoms with Crippen molar-refractivity contribution in [2.24, 2.45) is 0 Å². The third-order valence-corrected chi connectivity index (χ3v) is 3.14. The number of fused-ring (bicyclic) bond motifs is 1.